The lowest BCUT2D eigenvalue weighted by molar-refractivity contribution is 0.0497. The van der Waals surface area contributed by atoms with Gasteiger partial charge < -0.3 is 10.1 Å². The first-order valence-corrected chi connectivity index (χ1v) is 7.62. The Balaban J connectivity index is 1.80. The summed E-state index contributed by atoms with van der Waals surface area (Å²) in [6.45, 7) is 2.02. The number of hydrogen-bond donors (Lipinski definition) is 1. The standard InChI is InChI=1S/C17H15FN2OS/c1-17-10-14(13-4-2-3-5-15(13)21-17)19-16(22)20(17)12-8-6-11(18)7-9-12/h2-9,14H,10H2,1H3,(H,19,22)/t14-,17+/m1/s1. The lowest BCUT2D eigenvalue weighted by Crippen LogP contribution is -2.65. The van der Waals surface area contributed by atoms with E-state index in [0.717, 1.165) is 23.4 Å². The molecule has 0 radical (unpaired) electrons. The zero-order valence-corrected chi connectivity index (χ0v) is 12.9. The Hall–Kier alpha value is -2.14. The zero-order chi connectivity index (χ0) is 15.3. The van der Waals surface area contributed by atoms with Crippen molar-refractivity contribution in [1.82, 2.24) is 5.32 Å². The van der Waals surface area contributed by atoms with Crippen LogP contribution in [0.5, 0.6) is 5.75 Å². The zero-order valence-electron chi connectivity index (χ0n) is 12.0. The maximum atomic E-state index is 13.2. The molecule has 4 rings (SSSR count). The van der Waals surface area contributed by atoms with Crippen molar-refractivity contribution < 1.29 is 9.13 Å². The van der Waals surface area contributed by atoms with Gasteiger partial charge in [-0.15, -0.1) is 0 Å². The molecule has 0 aliphatic carbocycles. The molecular formula is C17H15FN2OS. The van der Waals surface area contributed by atoms with Crippen molar-refractivity contribution in [1.29, 1.82) is 0 Å². The maximum Gasteiger partial charge on any atom is 0.188 e. The van der Waals surface area contributed by atoms with E-state index in [1.165, 1.54) is 12.1 Å². The Morgan fingerprint density at radius 2 is 1.95 bits per heavy atom. The third kappa shape index (κ3) is 1.96. The van der Waals surface area contributed by atoms with Crippen LogP contribution in [0.3, 0.4) is 0 Å². The molecule has 112 valence electrons. The Bertz CT molecular complexity index is 749. The molecule has 22 heavy (non-hydrogen) atoms. The first kappa shape index (κ1) is 13.5. The van der Waals surface area contributed by atoms with Gasteiger partial charge >= 0.3 is 0 Å². The van der Waals surface area contributed by atoms with E-state index in [4.69, 9.17) is 17.0 Å². The molecule has 2 aromatic carbocycles. The van der Waals surface area contributed by atoms with Gasteiger partial charge in [0.15, 0.2) is 10.8 Å². The van der Waals surface area contributed by atoms with Gasteiger partial charge in [-0.2, -0.15) is 0 Å². The molecule has 5 heteroatoms. The van der Waals surface area contributed by atoms with E-state index in [0.29, 0.717) is 5.11 Å². The number of thiocarbonyl (C=S) groups is 1. The van der Waals surface area contributed by atoms with Gasteiger partial charge in [0.05, 0.1) is 6.04 Å². The summed E-state index contributed by atoms with van der Waals surface area (Å²) in [5.74, 6) is 0.598. The van der Waals surface area contributed by atoms with Crippen molar-refractivity contribution in [3.63, 3.8) is 0 Å². The number of para-hydroxylation sites is 1. The topological polar surface area (TPSA) is 24.5 Å². The van der Waals surface area contributed by atoms with Crippen LogP contribution in [0, 0.1) is 5.82 Å². The van der Waals surface area contributed by atoms with Crippen molar-refractivity contribution in [2.75, 3.05) is 4.90 Å². The van der Waals surface area contributed by atoms with E-state index in [2.05, 4.69) is 11.4 Å². The third-order valence-electron chi connectivity index (χ3n) is 4.27. The van der Waals surface area contributed by atoms with Crippen molar-refractivity contribution in [3.05, 3.63) is 59.9 Å². The highest BCUT2D eigenvalue weighted by Crippen LogP contribution is 2.45. The quantitative estimate of drug-likeness (QED) is 0.810. The summed E-state index contributed by atoms with van der Waals surface area (Å²) < 4.78 is 19.5. The highest BCUT2D eigenvalue weighted by Gasteiger charge is 2.48. The van der Waals surface area contributed by atoms with Gasteiger partial charge in [-0.05, 0) is 49.5 Å². The minimum Gasteiger partial charge on any atom is -0.467 e. The van der Waals surface area contributed by atoms with E-state index >= 15 is 0 Å². The Morgan fingerprint density at radius 1 is 1.23 bits per heavy atom. The molecule has 1 N–H and O–H groups in total. The molecule has 2 atom stereocenters. The van der Waals surface area contributed by atoms with Gasteiger partial charge in [0.1, 0.15) is 11.6 Å². The first-order chi connectivity index (χ1) is 10.6. The van der Waals surface area contributed by atoms with Crippen LogP contribution in [-0.4, -0.2) is 10.8 Å². The third-order valence-corrected chi connectivity index (χ3v) is 4.57. The summed E-state index contributed by atoms with van der Waals surface area (Å²) in [7, 11) is 0. The second-order valence-corrected chi connectivity index (χ2v) is 6.22. The molecule has 2 heterocycles. The van der Waals surface area contributed by atoms with Crippen LogP contribution in [0.15, 0.2) is 48.5 Å². The molecule has 2 bridgehead atoms. The molecule has 0 unspecified atom stereocenters. The molecule has 0 spiro atoms. The first-order valence-electron chi connectivity index (χ1n) is 7.21. The van der Waals surface area contributed by atoms with E-state index in [9.17, 15) is 4.39 Å². The summed E-state index contributed by atoms with van der Waals surface area (Å²) >= 11 is 5.54. The number of rotatable bonds is 1. The number of nitrogens with zero attached hydrogens (tertiary/aromatic N) is 1. The van der Waals surface area contributed by atoms with Gasteiger partial charge in [0, 0.05) is 17.7 Å². The SMILES string of the molecule is C[C@]12C[C@@H](NC(=S)N1c1ccc(F)cc1)c1ccccc1O2. The predicted molar refractivity (Wildman–Crippen MR) is 87.4 cm³/mol. The summed E-state index contributed by atoms with van der Waals surface area (Å²) in [5, 5.41) is 3.97. The van der Waals surface area contributed by atoms with Gasteiger partial charge in [-0.3, -0.25) is 4.90 Å². The van der Waals surface area contributed by atoms with Crippen LogP contribution in [-0.2, 0) is 0 Å². The molecule has 0 amide bonds. The second kappa shape index (κ2) is 4.68. The fourth-order valence-electron chi connectivity index (χ4n) is 3.30. The highest BCUT2D eigenvalue weighted by molar-refractivity contribution is 7.80. The molecular weight excluding hydrogens is 299 g/mol. The van der Waals surface area contributed by atoms with Crippen molar-refractivity contribution in [2.45, 2.75) is 25.1 Å². The highest BCUT2D eigenvalue weighted by atomic mass is 32.1. The van der Waals surface area contributed by atoms with Gasteiger partial charge in [-0.25, -0.2) is 4.39 Å². The van der Waals surface area contributed by atoms with Gasteiger partial charge in [0.25, 0.3) is 0 Å². The van der Waals surface area contributed by atoms with Crippen LogP contribution < -0.4 is 15.0 Å². The summed E-state index contributed by atoms with van der Waals surface area (Å²) in [6.07, 6.45) is 0.765. The second-order valence-electron chi connectivity index (χ2n) is 5.83. The molecule has 2 aromatic rings. The summed E-state index contributed by atoms with van der Waals surface area (Å²) in [5.41, 5.74) is 1.36. The number of ether oxygens (including phenoxy) is 1. The monoisotopic (exact) mass is 314 g/mol. The van der Waals surface area contributed by atoms with E-state index in [-0.39, 0.29) is 11.9 Å². The molecule has 0 saturated carbocycles. The molecule has 1 saturated heterocycles. The summed E-state index contributed by atoms with van der Waals surface area (Å²) in [4.78, 5) is 1.92. The molecule has 0 aromatic heterocycles. The fourth-order valence-corrected chi connectivity index (χ4v) is 3.74. The van der Waals surface area contributed by atoms with Crippen molar-refractivity contribution in [3.8, 4) is 5.75 Å². The van der Waals surface area contributed by atoms with E-state index in [1.54, 1.807) is 12.1 Å². The fraction of sp³-hybridized carbons (Fsp3) is 0.235. The number of fused-ring (bicyclic) bond motifs is 4. The van der Waals surface area contributed by atoms with E-state index < -0.39 is 5.72 Å². The molecule has 2 aliphatic rings. The smallest absolute Gasteiger partial charge is 0.188 e. The number of benzene rings is 2. The Kier molecular flexibility index (Phi) is 2.87. The maximum absolute atomic E-state index is 13.2. The Morgan fingerprint density at radius 3 is 2.73 bits per heavy atom. The number of hydrogen-bond acceptors (Lipinski definition) is 2. The number of anilines is 1. The number of halogens is 1. The van der Waals surface area contributed by atoms with Crippen LogP contribution in [0.4, 0.5) is 10.1 Å². The van der Waals surface area contributed by atoms with Crippen molar-refractivity contribution in [2.24, 2.45) is 0 Å². The lowest BCUT2D eigenvalue weighted by atomic mass is 9.90. The average molecular weight is 314 g/mol. The molecule has 1 fully saturated rings. The largest absolute Gasteiger partial charge is 0.467 e. The molecule has 3 nitrogen and oxygen atoms in total. The van der Waals surface area contributed by atoms with Gasteiger partial charge in [0.2, 0.25) is 0 Å². The Labute approximate surface area is 133 Å². The lowest BCUT2D eigenvalue weighted by Gasteiger charge is -2.52. The number of nitrogens with one attached hydrogen (secondary N) is 1. The minimum absolute atomic E-state index is 0.138. The summed E-state index contributed by atoms with van der Waals surface area (Å²) in [6, 6.07) is 14.4. The predicted octanol–water partition coefficient (Wildman–Crippen LogP) is 3.76. The molecule has 2 aliphatic heterocycles. The minimum atomic E-state index is -0.584. The van der Waals surface area contributed by atoms with E-state index in [1.807, 2.05) is 30.0 Å². The van der Waals surface area contributed by atoms with Gasteiger partial charge in [-0.1, -0.05) is 18.2 Å². The van der Waals surface area contributed by atoms with Crippen LogP contribution in [0.1, 0.15) is 24.9 Å². The van der Waals surface area contributed by atoms with Crippen LogP contribution in [0.2, 0.25) is 0 Å². The van der Waals surface area contributed by atoms with Crippen molar-refractivity contribution >= 4 is 23.0 Å². The normalized spacial score (nSPS) is 26.0. The van der Waals surface area contributed by atoms with Crippen LogP contribution in [0.25, 0.3) is 0 Å². The van der Waals surface area contributed by atoms with Crippen LogP contribution >= 0.6 is 12.2 Å². The average Bonchev–Trinajstić information content (AvgIpc) is 2.48.